The van der Waals surface area contributed by atoms with Crippen molar-refractivity contribution in [3.05, 3.63) is 34.3 Å². The minimum absolute atomic E-state index is 0.220. The van der Waals surface area contributed by atoms with Crippen LogP contribution >= 0.6 is 15.9 Å². The Morgan fingerprint density at radius 2 is 1.76 bits per heavy atom. The van der Waals surface area contributed by atoms with Crippen molar-refractivity contribution in [1.29, 1.82) is 0 Å². The van der Waals surface area contributed by atoms with Gasteiger partial charge in [-0.2, -0.15) is 0 Å². The average Bonchev–Trinajstić information content (AvgIpc) is 2.47. The first kappa shape index (κ1) is 15.5. The molecule has 0 aromatic heterocycles. The molecule has 3 rings (SSSR count). The maximum Gasteiger partial charge on any atom is 0.0338 e. The Morgan fingerprint density at radius 1 is 1.10 bits per heavy atom. The van der Waals surface area contributed by atoms with E-state index in [9.17, 15) is 0 Å². The average molecular weight is 351 g/mol. The molecule has 21 heavy (non-hydrogen) atoms. The second-order valence-electron chi connectivity index (χ2n) is 7.50. The van der Waals surface area contributed by atoms with Gasteiger partial charge in [0.15, 0.2) is 0 Å². The first-order chi connectivity index (χ1) is 9.99. The van der Waals surface area contributed by atoms with E-state index in [4.69, 9.17) is 0 Å². The summed E-state index contributed by atoms with van der Waals surface area (Å²) in [4.78, 5) is 2.77. The molecule has 2 nitrogen and oxygen atoms in total. The molecule has 0 bridgehead atoms. The summed E-state index contributed by atoms with van der Waals surface area (Å²) in [5.74, 6) is 0. The van der Waals surface area contributed by atoms with Crippen LogP contribution in [-0.4, -0.2) is 29.1 Å². The molecule has 2 aliphatic rings. The van der Waals surface area contributed by atoms with Crippen molar-refractivity contribution in [2.75, 3.05) is 13.1 Å². The number of nitrogens with one attached hydrogen (secondary N) is 1. The standard InChI is InChI=1S/C18H27BrN2/c1-17(2)14-21(12-15-6-8-16(19)9-7-15)18(13-20-17)10-4-3-5-11-18/h6-9,20H,3-5,10-14H2,1-2H3. The van der Waals surface area contributed by atoms with E-state index in [2.05, 4.69) is 64.3 Å². The molecule has 0 unspecified atom stereocenters. The van der Waals surface area contributed by atoms with Crippen LogP contribution in [0.15, 0.2) is 28.7 Å². The summed E-state index contributed by atoms with van der Waals surface area (Å²) in [5.41, 5.74) is 2.04. The van der Waals surface area contributed by atoms with Crippen molar-refractivity contribution in [3.63, 3.8) is 0 Å². The van der Waals surface area contributed by atoms with Gasteiger partial charge < -0.3 is 5.32 Å². The van der Waals surface area contributed by atoms with E-state index < -0.39 is 0 Å². The maximum atomic E-state index is 3.79. The highest BCUT2D eigenvalue weighted by Crippen LogP contribution is 2.38. The van der Waals surface area contributed by atoms with Gasteiger partial charge in [0.25, 0.3) is 0 Å². The van der Waals surface area contributed by atoms with Crippen LogP contribution in [0.3, 0.4) is 0 Å². The minimum Gasteiger partial charge on any atom is -0.309 e. The van der Waals surface area contributed by atoms with Gasteiger partial charge in [0, 0.05) is 35.2 Å². The molecule has 116 valence electrons. The number of rotatable bonds is 2. The number of hydrogen-bond donors (Lipinski definition) is 1. The second-order valence-corrected chi connectivity index (χ2v) is 8.42. The van der Waals surface area contributed by atoms with Gasteiger partial charge >= 0.3 is 0 Å². The number of hydrogen-bond acceptors (Lipinski definition) is 2. The molecule has 1 saturated heterocycles. The van der Waals surface area contributed by atoms with Crippen molar-refractivity contribution in [2.45, 2.75) is 63.6 Å². The van der Waals surface area contributed by atoms with E-state index >= 15 is 0 Å². The van der Waals surface area contributed by atoms with Gasteiger partial charge in [-0.15, -0.1) is 0 Å². The zero-order valence-electron chi connectivity index (χ0n) is 13.3. The first-order valence-corrected chi connectivity index (χ1v) is 9.03. The molecule has 1 spiro atoms. The van der Waals surface area contributed by atoms with Crippen LogP contribution in [-0.2, 0) is 6.54 Å². The summed E-state index contributed by atoms with van der Waals surface area (Å²) in [6.45, 7) is 8.03. The van der Waals surface area contributed by atoms with E-state index in [1.807, 2.05) is 0 Å². The largest absolute Gasteiger partial charge is 0.309 e. The lowest BCUT2D eigenvalue weighted by Crippen LogP contribution is -2.68. The molecular weight excluding hydrogens is 324 g/mol. The van der Waals surface area contributed by atoms with Crippen molar-refractivity contribution in [1.82, 2.24) is 10.2 Å². The molecule has 3 heteroatoms. The zero-order valence-corrected chi connectivity index (χ0v) is 14.9. The fourth-order valence-corrected chi connectivity index (χ4v) is 4.22. The monoisotopic (exact) mass is 350 g/mol. The van der Waals surface area contributed by atoms with Crippen LogP contribution in [0.2, 0.25) is 0 Å². The highest BCUT2D eigenvalue weighted by molar-refractivity contribution is 9.10. The van der Waals surface area contributed by atoms with Gasteiger partial charge in [-0.1, -0.05) is 47.3 Å². The lowest BCUT2D eigenvalue weighted by molar-refractivity contribution is -0.0161. The molecule has 2 fully saturated rings. The van der Waals surface area contributed by atoms with Gasteiger partial charge in [-0.05, 0) is 44.4 Å². The molecule has 1 aliphatic carbocycles. The SMILES string of the molecule is CC1(C)CN(Cc2ccc(Br)cc2)C2(CCCCC2)CN1. The van der Waals surface area contributed by atoms with Crippen LogP contribution in [0.1, 0.15) is 51.5 Å². The molecule has 1 heterocycles. The number of benzene rings is 1. The lowest BCUT2D eigenvalue weighted by atomic mass is 9.76. The fourth-order valence-electron chi connectivity index (χ4n) is 3.95. The summed E-state index contributed by atoms with van der Waals surface area (Å²) in [6, 6.07) is 8.84. The molecule has 1 aliphatic heterocycles. The van der Waals surface area contributed by atoms with Crippen LogP contribution in [0.5, 0.6) is 0 Å². The van der Waals surface area contributed by atoms with E-state index in [1.165, 1.54) is 42.1 Å². The van der Waals surface area contributed by atoms with Gasteiger partial charge in [-0.25, -0.2) is 0 Å². The lowest BCUT2D eigenvalue weighted by Gasteiger charge is -2.54. The summed E-state index contributed by atoms with van der Waals surface area (Å²) in [6.07, 6.45) is 6.90. The second kappa shape index (κ2) is 6.02. The molecule has 1 N–H and O–H groups in total. The Labute approximate surface area is 137 Å². The highest BCUT2D eigenvalue weighted by atomic mass is 79.9. The summed E-state index contributed by atoms with van der Waals surface area (Å²) >= 11 is 3.54. The minimum atomic E-state index is 0.220. The molecule has 1 saturated carbocycles. The Kier molecular flexibility index (Phi) is 4.45. The molecular formula is C18H27BrN2. The number of nitrogens with zero attached hydrogens (tertiary/aromatic N) is 1. The third kappa shape index (κ3) is 3.52. The maximum absolute atomic E-state index is 3.79. The molecule has 0 atom stereocenters. The van der Waals surface area contributed by atoms with Crippen molar-refractivity contribution in [3.8, 4) is 0 Å². The quantitative estimate of drug-likeness (QED) is 0.853. The summed E-state index contributed by atoms with van der Waals surface area (Å²) in [5, 5.41) is 3.79. The molecule has 0 radical (unpaired) electrons. The molecule has 0 amide bonds. The van der Waals surface area contributed by atoms with Crippen molar-refractivity contribution < 1.29 is 0 Å². The summed E-state index contributed by atoms with van der Waals surface area (Å²) in [7, 11) is 0. The van der Waals surface area contributed by atoms with Crippen LogP contribution in [0.4, 0.5) is 0 Å². The Hall–Kier alpha value is -0.380. The van der Waals surface area contributed by atoms with Gasteiger partial charge in [-0.3, -0.25) is 4.90 Å². The van der Waals surface area contributed by atoms with Crippen LogP contribution in [0.25, 0.3) is 0 Å². The Balaban J connectivity index is 1.81. The summed E-state index contributed by atoms with van der Waals surface area (Å²) < 4.78 is 1.17. The topological polar surface area (TPSA) is 15.3 Å². The Bertz CT molecular complexity index is 474. The van der Waals surface area contributed by atoms with Crippen LogP contribution < -0.4 is 5.32 Å². The van der Waals surface area contributed by atoms with E-state index in [1.54, 1.807) is 0 Å². The van der Waals surface area contributed by atoms with Gasteiger partial charge in [0.05, 0.1) is 0 Å². The van der Waals surface area contributed by atoms with Gasteiger partial charge in [0.2, 0.25) is 0 Å². The van der Waals surface area contributed by atoms with Crippen molar-refractivity contribution >= 4 is 15.9 Å². The van der Waals surface area contributed by atoms with E-state index in [-0.39, 0.29) is 5.54 Å². The van der Waals surface area contributed by atoms with Crippen LogP contribution in [0, 0.1) is 0 Å². The Morgan fingerprint density at radius 3 is 2.43 bits per heavy atom. The molecule has 1 aromatic rings. The first-order valence-electron chi connectivity index (χ1n) is 8.24. The van der Waals surface area contributed by atoms with Gasteiger partial charge in [0.1, 0.15) is 0 Å². The number of halogens is 1. The van der Waals surface area contributed by atoms with E-state index in [0.29, 0.717) is 5.54 Å². The van der Waals surface area contributed by atoms with E-state index in [0.717, 1.165) is 19.6 Å². The smallest absolute Gasteiger partial charge is 0.0338 e. The van der Waals surface area contributed by atoms with Crippen molar-refractivity contribution in [2.24, 2.45) is 0 Å². The third-order valence-electron chi connectivity index (χ3n) is 5.22. The fraction of sp³-hybridized carbons (Fsp3) is 0.667. The number of piperazine rings is 1. The molecule has 1 aromatic carbocycles. The third-order valence-corrected chi connectivity index (χ3v) is 5.75. The predicted molar refractivity (Wildman–Crippen MR) is 92.4 cm³/mol. The zero-order chi connectivity index (χ0) is 14.9. The normalized spacial score (nSPS) is 25.1. The predicted octanol–water partition coefficient (Wildman–Crippen LogP) is 4.34. The highest BCUT2D eigenvalue weighted by Gasteiger charge is 2.44.